The Hall–Kier alpha value is -1.21. The summed E-state index contributed by atoms with van der Waals surface area (Å²) in [6.45, 7) is 6.38. The van der Waals surface area contributed by atoms with E-state index >= 15 is 0 Å². The van der Waals surface area contributed by atoms with Gasteiger partial charge in [-0.15, -0.1) is 6.42 Å². The first kappa shape index (κ1) is 12.9. The van der Waals surface area contributed by atoms with E-state index in [0.717, 1.165) is 25.9 Å². The molecule has 0 N–H and O–H groups in total. The van der Waals surface area contributed by atoms with Crippen LogP contribution in [0.15, 0.2) is 0 Å². The van der Waals surface area contributed by atoms with Crippen LogP contribution in [0.5, 0.6) is 0 Å². The summed E-state index contributed by atoms with van der Waals surface area (Å²) < 4.78 is 5.15. The van der Waals surface area contributed by atoms with Gasteiger partial charge in [-0.25, -0.2) is 4.79 Å². The van der Waals surface area contributed by atoms with Crippen LogP contribution in [-0.2, 0) is 4.74 Å². The highest BCUT2D eigenvalue weighted by Crippen LogP contribution is 2.03. The maximum absolute atomic E-state index is 11.6. The van der Waals surface area contributed by atoms with Crippen molar-refractivity contribution in [3.05, 3.63) is 0 Å². The molecular formula is C12H20N2O2. The summed E-state index contributed by atoms with van der Waals surface area (Å²) in [5.74, 6) is 2.61. The molecule has 1 heterocycles. The molecule has 90 valence electrons. The SMILES string of the molecule is C#CCN1CCN(C(=O)OCCCC)CC1. The molecule has 0 aromatic rings. The maximum atomic E-state index is 11.6. The largest absolute Gasteiger partial charge is 0.449 e. The van der Waals surface area contributed by atoms with Gasteiger partial charge in [0.25, 0.3) is 0 Å². The predicted octanol–water partition coefficient (Wildman–Crippen LogP) is 1.17. The van der Waals surface area contributed by atoms with Crippen LogP contribution in [0.1, 0.15) is 19.8 Å². The van der Waals surface area contributed by atoms with Crippen molar-refractivity contribution in [1.82, 2.24) is 9.80 Å². The maximum Gasteiger partial charge on any atom is 0.409 e. The minimum Gasteiger partial charge on any atom is -0.449 e. The summed E-state index contributed by atoms with van der Waals surface area (Å²) in [5, 5.41) is 0. The van der Waals surface area contributed by atoms with Crippen LogP contribution in [0, 0.1) is 12.3 Å². The van der Waals surface area contributed by atoms with Gasteiger partial charge >= 0.3 is 6.09 Å². The van der Waals surface area contributed by atoms with E-state index in [9.17, 15) is 4.79 Å². The Kier molecular flexibility index (Phi) is 5.73. The first-order valence-electron chi connectivity index (χ1n) is 5.85. The Bertz CT molecular complexity index is 252. The number of hydrogen-bond donors (Lipinski definition) is 0. The van der Waals surface area contributed by atoms with Crippen molar-refractivity contribution in [2.45, 2.75) is 19.8 Å². The van der Waals surface area contributed by atoms with Gasteiger partial charge in [-0.1, -0.05) is 19.3 Å². The van der Waals surface area contributed by atoms with Gasteiger partial charge in [0.1, 0.15) is 0 Å². The van der Waals surface area contributed by atoms with Gasteiger partial charge in [0.2, 0.25) is 0 Å². The number of unbranched alkanes of at least 4 members (excludes halogenated alkanes) is 1. The standard InChI is InChI=1S/C12H20N2O2/c1-3-5-11-16-12(15)14-9-7-13(6-4-2)8-10-14/h2H,3,5-11H2,1H3. The number of piperazine rings is 1. The molecule has 1 aliphatic rings. The molecule has 0 bridgehead atoms. The highest BCUT2D eigenvalue weighted by atomic mass is 16.6. The number of terminal acetylenes is 1. The Morgan fingerprint density at radius 3 is 2.62 bits per heavy atom. The van der Waals surface area contributed by atoms with Gasteiger partial charge in [0.05, 0.1) is 13.2 Å². The summed E-state index contributed by atoms with van der Waals surface area (Å²) in [5.41, 5.74) is 0. The van der Waals surface area contributed by atoms with Crippen molar-refractivity contribution in [2.24, 2.45) is 0 Å². The fraction of sp³-hybridized carbons (Fsp3) is 0.750. The average molecular weight is 224 g/mol. The van der Waals surface area contributed by atoms with Gasteiger partial charge < -0.3 is 9.64 Å². The lowest BCUT2D eigenvalue weighted by atomic mass is 10.3. The quantitative estimate of drug-likeness (QED) is 0.531. The van der Waals surface area contributed by atoms with Gasteiger partial charge in [-0.3, -0.25) is 4.90 Å². The zero-order valence-corrected chi connectivity index (χ0v) is 9.95. The third-order valence-electron chi connectivity index (χ3n) is 2.67. The van der Waals surface area contributed by atoms with Crippen molar-refractivity contribution in [2.75, 3.05) is 39.3 Å². The molecular weight excluding hydrogens is 204 g/mol. The van der Waals surface area contributed by atoms with E-state index in [-0.39, 0.29) is 6.09 Å². The van der Waals surface area contributed by atoms with E-state index in [2.05, 4.69) is 17.7 Å². The van der Waals surface area contributed by atoms with Crippen LogP contribution in [0.3, 0.4) is 0 Å². The summed E-state index contributed by atoms with van der Waals surface area (Å²) in [4.78, 5) is 15.5. The zero-order chi connectivity index (χ0) is 11.8. The smallest absolute Gasteiger partial charge is 0.409 e. The summed E-state index contributed by atoms with van der Waals surface area (Å²) in [7, 11) is 0. The molecule has 1 saturated heterocycles. The number of hydrogen-bond acceptors (Lipinski definition) is 3. The number of carbonyl (C=O) groups excluding carboxylic acids is 1. The van der Waals surface area contributed by atoms with Crippen LogP contribution >= 0.6 is 0 Å². The summed E-state index contributed by atoms with van der Waals surface area (Å²) in [6, 6.07) is 0. The number of rotatable bonds is 4. The molecule has 0 unspecified atom stereocenters. The number of nitrogens with zero attached hydrogens (tertiary/aromatic N) is 2. The van der Waals surface area contributed by atoms with Gasteiger partial charge in [0, 0.05) is 26.2 Å². The Morgan fingerprint density at radius 1 is 1.38 bits per heavy atom. The fourth-order valence-corrected chi connectivity index (χ4v) is 1.61. The molecule has 1 aliphatic heterocycles. The lowest BCUT2D eigenvalue weighted by Gasteiger charge is -2.32. The van der Waals surface area contributed by atoms with Crippen molar-refractivity contribution < 1.29 is 9.53 Å². The van der Waals surface area contributed by atoms with E-state index in [1.807, 2.05) is 0 Å². The molecule has 1 amide bonds. The van der Waals surface area contributed by atoms with E-state index in [1.54, 1.807) is 4.90 Å². The van der Waals surface area contributed by atoms with Crippen molar-refractivity contribution in [1.29, 1.82) is 0 Å². The van der Waals surface area contributed by atoms with E-state index < -0.39 is 0 Å². The predicted molar refractivity (Wildman–Crippen MR) is 63.1 cm³/mol. The van der Waals surface area contributed by atoms with E-state index in [1.165, 1.54) is 0 Å². The van der Waals surface area contributed by atoms with Gasteiger partial charge in [-0.2, -0.15) is 0 Å². The van der Waals surface area contributed by atoms with Crippen molar-refractivity contribution in [3.63, 3.8) is 0 Å². The highest BCUT2D eigenvalue weighted by Gasteiger charge is 2.21. The first-order chi connectivity index (χ1) is 7.77. The second kappa shape index (κ2) is 7.13. The first-order valence-corrected chi connectivity index (χ1v) is 5.85. The van der Waals surface area contributed by atoms with Crippen molar-refractivity contribution >= 4 is 6.09 Å². The van der Waals surface area contributed by atoms with Crippen LogP contribution in [0.25, 0.3) is 0 Å². The molecule has 0 aromatic heterocycles. The van der Waals surface area contributed by atoms with Gasteiger partial charge in [-0.05, 0) is 6.42 Å². The molecule has 0 radical (unpaired) electrons. The van der Waals surface area contributed by atoms with Crippen LogP contribution in [0.2, 0.25) is 0 Å². The molecule has 0 saturated carbocycles. The molecule has 16 heavy (non-hydrogen) atoms. The number of carbonyl (C=O) groups is 1. The molecule has 1 fully saturated rings. The third kappa shape index (κ3) is 4.11. The normalized spacial score (nSPS) is 16.9. The highest BCUT2D eigenvalue weighted by molar-refractivity contribution is 5.67. The fourth-order valence-electron chi connectivity index (χ4n) is 1.61. The summed E-state index contributed by atoms with van der Waals surface area (Å²) >= 11 is 0. The Balaban J connectivity index is 2.20. The molecule has 0 atom stereocenters. The average Bonchev–Trinajstić information content (AvgIpc) is 2.30. The molecule has 0 aliphatic carbocycles. The zero-order valence-electron chi connectivity index (χ0n) is 9.95. The molecule has 4 heteroatoms. The molecule has 1 rings (SSSR count). The topological polar surface area (TPSA) is 32.8 Å². The van der Waals surface area contributed by atoms with Crippen LogP contribution in [-0.4, -0.2) is 55.2 Å². The number of ether oxygens (including phenoxy) is 1. The third-order valence-corrected chi connectivity index (χ3v) is 2.67. The minimum absolute atomic E-state index is 0.186. The van der Waals surface area contributed by atoms with Crippen molar-refractivity contribution in [3.8, 4) is 12.3 Å². The Labute approximate surface area is 97.5 Å². The van der Waals surface area contributed by atoms with Crippen LogP contribution < -0.4 is 0 Å². The van der Waals surface area contributed by atoms with E-state index in [4.69, 9.17) is 11.2 Å². The lowest BCUT2D eigenvalue weighted by molar-refractivity contribution is 0.0785. The lowest BCUT2D eigenvalue weighted by Crippen LogP contribution is -2.48. The number of amides is 1. The summed E-state index contributed by atoms with van der Waals surface area (Å²) in [6.07, 6.45) is 7.03. The second-order valence-electron chi connectivity index (χ2n) is 3.94. The van der Waals surface area contributed by atoms with E-state index in [0.29, 0.717) is 26.2 Å². The monoisotopic (exact) mass is 224 g/mol. The molecule has 4 nitrogen and oxygen atoms in total. The minimum atomic E-state index is -0.186. The van der Waals surface area contributed by atoms with Crippen LogP contribution in [0.4, 0.5) is 4.79 Å². The molecule has 0 aromatic carbocycles. The second-order valence-corrected chi connectivity index (χ2v) is 3.94. The molecule has 0 spiro atoms. The Morgan fingerprint density at radius 2 is 2.06 bits per heavy atom. The van der Waals surface area contributed by atoms with Gasteiger partial charge in [0.15, 0.2) is 0 Å².